The molecule has 0 atom stereocenters. The molecule has 0 bridgehead atoms. The molecule has 10 heteroatoms. The molecule has 3 aromatic rings. The molecule has 32 heavy (non-hydrogen) atoms. The first-order chi connectivity index (χ1) is 15.5. The lowest BCUT2D eigenvalue weighted by Crippen LogP contribution is -2.16. The van der Waals surface area contributed by atoms with Crippen molar-refractivity contribution in [3.63, 3.8) is 0 Å². The van der Waals surface area contributed by atoms with Gasteiger partial charge < -0.3 is 14.8 Å². The highest BCUT2D eigenvalue weighted by atomic mass is 16.4. The highest BCUT2D eigenvalue weighted by molar-refractivity contribution is 6.00. The number of rotatable bonds is 7. The van der Waals surface area contributed by atoms with Crippen molar-refractivity contribution in [3.05, 3.63) is 53.8 Å². The molecule has 1 saturated carbocycles. The van der Waals surface area contributed by atoms with Gasteiger partial charge in [-0.05, 0) is 62.1 Å². The Hall–Kier alpha value is -3.82. The smallest absolute Gasteiger partial charge is 0.321 e. The third kappa shape index (κ3) is 5.26. The maximum absolute atomic E-state index is 12.4. The summed E-state index contributed by atoms with van der Waals surface area (Å²) in [5, 5.41) is 22.1. The van der Waals surface area contributed by atoms with Gasteiger partial charge in [-0.25, -0.2) is 4.98 Å². The minimum atomic E-state index is -0.721. The molecule has 1 aliphatic carbocycles. The summed E-state index contributed by atoms with van der Waals surface area (Å²) >= 11 is 0. The first kappa shape index (κ1) is 21.4. The average Bonchev–Trinajstić information content (AvgIpc) is 3.25. The lowest BCUT2D eigenvalue weighted by atomic mass is 9.77. The summed E-state index contributed by atoms with van der Waals surface area (Å²) < 4.78 is 5.38. The number of carbonyl (C=O) groups excluding carboxylic acids is 1. The molecular weight excluding hydrogens is 412 g/mol. The van der Waals surface area contributed by atoms with E-state index in [4.69, 9.17) is 9.52 Å². The van der Waals surface area contributed by atoms with Gasteiger partial charge in [0, 0.05) is 24.5 Å². The van der Waals surface area contributed by atoms with Crippen LogP contribution in [0.3, 0.4) is 0 Å². The summed E-state index contributed by atoms with van der Waals surface area (Å²) in [6.45, 7) is 1.78. The van der Waals surface area contributed by atoms with Gasteiger partial charge in [0.2, 0.25) is 0 Å². The zero-order valence-electron chi connectivity index (χ0n) is 17.6. The number of aliphatic carboxylic acids is 1. The van der Waals surface area contributed by atoms with Crippen LogP contribution in [0, 0.1) is 12.8 Å². The van der Waals surface area contributed by atoms with E-state index in [0.29, 0.717) is 23.1 Å². The lowest BCUT2D eigenvalue weighted by molar-refractivity contribution is -0.138. The second-order valence-electron chi connectivity index (χ2n) is 7.92. The summed E-state index contributed by atoms with van der Waals surface area (Å²) in [5.41, 5.74) is 2.48. The number of nitrogens with zero attached hydrogens (tertiary/aromatic N) is 4. The van der Waals surface area contributed by atoms with E-state index in [1.807, 2.05) is 24.3 Å². The van der Waals surface area contributed by atoms with E-state index in [9.17, 15) is 9.59 Å². The summed E-state index contributed by atoms with van der Waals surface area (Å²) in [5.74, 6) is -0.247. The SMILES string of the molecule is Cc1nccnc1Nc1nnc(C(=O)Nc2ccc(C3CCC(CC(=O)O)CC3)cc2)o1. The molecule has 2 aromatic heterocycles. The van der Waals surface area contributed by atoms with Crippen molar-refractivity contribution in [2.24, 2.45) is 5.92 Å². The number of carbonyl (C=O) groups is 2. The average molecular weight is 436 g/mol. The molecule has 166 valence electrons. The van der Waals surface area contributed by atoms with Crippen LogP contribution in [0.4, 0.5) is 17.5 Å². The van der Waals surface area contributed by atoms with Gasteiger partial charge >= 0.3 is 23.8 Å². The molecule has 3 N–H and O–H groups in total. The van der Waals surface area contributed by atoms with Gasteiger partial charge in [-0.2, -0.15) is 0 Å². The fourth-order valence-electron chi connectivity index (χ4n) is 3.97. The second-order valence-corrected chi connectivity index (χ2v) is 7.92. The highest BCUT2D eigenvalue weighted by Gasteiger charge is 2.24. The Morgan fingerprint density at radius 3 is 2.47 bits per heavy atom. The van der Waals surface area contributed by atoms with Crippen LogP contribution in [0.2, 0.25) is 0 Å². The third-order valence-corrected chi connectivity index (χ3v) is 5.68. The predicted octanol–water partition coefficient (Wildman–Crippen LogP) is 3.91. The molecule has 1 aromatic carbocycles. The first-order valence-electron chi connectivity index (χ1n) is 10.5. The number of amides is 1. The van der Waals surface area contributed by atoms with E-state index in [2.05, 4.69) is 30.8 Å². The van der Waals surface area contributed by atoms with Crippen LogP contribution >= 0.6 is 0 Å². The second kappa shape index (κ2) is 9.54. The van der Waals surface area contributed by atoms with E-state index in [0.717, 1.165) is 25.7 Å². The predicted molar refractivity (Wildman–Crippen MR) is 116 cm³/mol. The topological polar surface area (TPSA) is 143 Å². The minimum absolute atomic E-state index is 0.0487. The Bertz CT molecular complexity index is 1090. The molecule has 1 amide bonds. The number of nitrogens with one attached hydrogen (secondary N) is 2. The van der Waals surface area contributed by atoms with E-state index < -0.39 is 11.9 Å². The van der Waals surface area contributed by atoms with Crippen LogP contribution in [0.15, 0.2) is 41.1 Å². The zero-order chi connectivity index (χ0) is 22.5. The van der Waals surface area contributed by atoms with Gasteiger partial charge in [0.25, 0.3) is 0 Å². The van der Waals surface area contributed by atoms with Crippen molar-refractivity contribution in [1.29, 1.82) is 0 Å². The zero-order valence-corrected chi connectivity index (χ0v) is 17.6. The quantitative estimate of drug-likeness (QED) is 0.502. The molecule has 0 aliphatic heterocycles. The Morgan fingerprint density at radius 2 is 1.78 bits per heavy atom. The monoisotopic (exact) mass is 436 g/mol. The van der Waals surface area contributed by atoms with Gasteiger partial charge in [0.15, 0.2) is 5.82 Å². The van der Waals surface area contributed by atoms with Crippen LogP contribution in [-0.4, -0.2) is 37.1 Å². The molecule has 2 heterocycles. The largest absolute Gasteiger partial charge is 0.481 e. The van der Waals surface area contributed by atoms with Crippen LogP contribution < -0.4 is 10.6 Å². The Labute approximate surface area is 184 Å². The lowest BCUT2D eigenvalue weighted by Gasteiger charge is -2.28. The molecule has 10 nitrogen and oxygen atoms in total. The van der Waals surface area contributed by atoms with Gasteiger partial charge in [-0.3, -0.25) is 19.9 Å². The summed E-state index contributed by atoms with van der Waals surface area (Å²) in [6.07, 6.45) is 7.17. The normalized spacial score (nSPS) is 18.2. The first-order valence-corrected chi connectivity index (χ1v) is 10.5. The van der Waals surface area contributed by atoms with Crippen molar-refractivity contribution in [1.82, 2.24) is 20.2 Å². The summed E-state index contributed by atoms with van der Waals surface area (Å²) in [4.78, 5) is 31.6. The number of hydrogen-bond acceptors (Lipinski definition) is 8. The van der Waals surface area contributed by atoms with Crippen LogP contribution in [-0.2, 0) is 4.79 Å². The van der Waals surface area contributed by atoms with Crippen LogP contribution in [0.1, 0.15) is 60.0 Å². The van der Waals surface area contributed by atoms with Crippen molar-refractivity contribution >= 4 is 29.4 Å². The Morgan fingerprint density at radius 1 is 1.06 bits per heavy atom. The van der Waals surface area contributed by atoms with Crippen LogP contribution in [0.5, 0.6) is 0 Å². The van der Waals surface area contributed by atoms with E-state index in [1.165, 1.54) is 11.8 Å². The fourth-order valence-corrected chi connectivity index (χ4v) is 3.97. The molecule has 1 aliphatic rings. The Balaban J connectivity index is 1.32. The number of aryl methyl sites for hydroxylation is 1. The molecule has 0 spiro atoms. The highest BCUT2D eigenvalue weighted by Crippen LogP contribution is 2.37. The fraction of sp³-hybridized carbons (Fsp3) is 0.364. The molecule has 0 saturated heterocycles. The summed E-state index contributed by atoms with van der Waals surface area (Å²) in [6, 6.07) is 7.72. The van der Waals surface area contributed by atoms with Crippen LogP contribution in [0.25, 0.3) is 0 Å². The number of aromatic nitrogens is 4. The number of carboxylic acid groups (broad SMARTS) is 1. The Kier molecular flexibility index (Phi) is 6.39. The van der Waals surface area contributed by atoms with E-state index >= 15 is 0 Å². The van der Waals surface area contributed by atoms with Crippen molar-refractivity contribution in [2.45, 2.75) is 44.9 Å². The van der Waals surface area contributed by atoms with Gasteiger partial charge in [0.1, 0.15) is 0 Å². The molecule has 0 radical (unpaired) electrons. The van der Waals surface area contributed by atoms with Gasteiger partial charge in [0.05, 0.1) is 5.69 Å². The van der Waals surface area contributed by atoms with E-state index in [1.54, 1.807) is 13.1 Å². The molecule has 4 rings (SSSR count). The van der Waals surface area contributed by atoms with Crippen molar-refractivity contribution < 1.29 is 19.1 Å². The van der Waals surface area contributed by atoms with Crippen molar-refractivity contribution in [3.8, 4) is 0 Å². The maximum Gasteiger partial charge on any atom is 0.321 e. The van der Waals surface area contributed by atoms with Crippen molar-refractivity contribution in [2.75, 3.05) is 10.6 Å². The standard InChI is InChI=1S/C22H24N6O4/c1-13-19(24-11-10-23-13)26-22-28-27-21(32-22)20(31)25-17-8-6-16(7-9-17)15-4-2-14(3-5-15)12-18(29)30/h6-11,14-15H,2-5,12H2,1H3,(H,25,31)(H,29,30)(H,24,26,28). The van der Waals surface area contributed by atoms with E-state index in [-0.39, 0.29) is 24.2 Å². The maximum atomic E-state index is 12.4. The molecular formula is C22H24N6O4. The number of anilines is 3. The number of carboxylic acids is 1. The number of hydrogen-bond donors (Lipinski definition) is 3. The molecule has 0 unspecified atom stereocenters. The summed E-state index contributed by atoms with van der Waals surface area (Å²) in [7, 11) is 0. The minimum Gasteiger partial charge on any atom is -0.481 e. The van der Waals surface area contributed by atoms with Gasteiger partial charge in [-0.1, -0.05) is 17.2 Å². The third-order valence-electron chi connectivity index (χ3n) is 5.68. The van der Waals surface area contributed by atoms with Gasteiger partial charge in [-0.15, -0.1) is 5.10 Å². The molecule has 1 fully saturated rings. The number of benzene rings is 1.